The lowest BCUT2D eigenvalue weighted by atomic mass is 9.84. The van der Waals surface area contributed by atoms with Crippen molar-refractivity contribution < 1.29 is 0 Å². The molecule has 0 saturated carbocycles. The summed E-state index contributed by atoms with van der Waals surface area (Å²) in [6.45, 7) is 0. The maximum absolute atomic E-state index is 2.41. The van der Waals surface area contributed by atoms with Crippen LogP contribution in [0.15, 0.2) is 170 Å². The topological polar surface area (TPSA) is 0 Å². The average Bonchev–Trinajstić information content (AvgIpc) is 3.10. The fourth-order valence-electron chi connectivity index (χ4n) is 7.21. The number of fused-ring (bicyclic) bond motifs is 6. The van der Waals surface area contributed by atoms with Crippen LogP contribution in [0.1, 0.15) is 0 Å². The molecule has 0 unspecified atom stereocenters. The van der Waals surface area contributed by atoms with Crippen molar-refractivity contribution in [3.05, 3.63) is 170 Å². The molecule has 0 nitrogen and oxygen atoms in total. The van der Waals surface area contributed by atoms with Crippen molar-refractivity contribution >= 4 is 53.9 Å². The zero-order valence-corrected chi connectivity index (χ0v) is 24.2. The van der Waals surface area contributed by atoms with Gasteiger partial charge in [-0.15, -0.1) is 0 Å². The van der Waals surface area contributed by atoms with Gasteiger partial charge >= 0.3 is 0 Å². The molecule has 0 aliphatic rings. The largest absolute Gasteiger partial charge is 0.0622 e. The fraction of sp³-hybridized carbons (Fsp3) is 0. The number of rotatable bonds is 3. The first-order chi connectivity index (χ1) is 21.8. The van der Waals surface area contributed by atoms with Gasteiger partial charge in [0.15, 0.2) is 0 Å². The minimum Gasteiger partial charge on any atom is -0.0622 e. The summed E-state index contributed by atoms with van der Waals surface area (Å²) in [7, 11) is 0. The van der Waals surface area contributed by atoms with E-state index in [0.29, 0.717) is 0 Å². The van der Waals surface area contributed by atoms with Crippen LogP contribution < -0.4 is 0 Å². The van der Waals surface area contributed by atoms with Gasteiger partial charge in [0.2, 0.25) is 0 Å². The minimum absolute atomic E-state index is 1.24. The van der Waals surface area contributed by atoms with Gasteiger partial charge in [-0.05, 0) is 105 Å². The molecule has 0 aliphatic carbocycles. The van der Waals surface area contributed by atoms with Crippen molar-refractivity contribution in [3.8, 4) is 33.4 Å². The quantitative estimate of drug-likeness (QED) is 0.150. The second-order valence-corrected chi connectivity index (χ2v) is 11.7. The Morgan fingerprint density at radius 1 is 0.227 bits per heavy atom. The minimum atomic E-state index is 1.24. The Hall–Kier alpha value is -5.72. The van der Waals surface area contributed by atoms with Crippen LogP contribution in [0.4, 0.5) is 0 Å². The molecule has 44 heavy (non-hydrogen) atoms. The molecule has 0 saturated heterocycles. The third kappa shape index (κ3) is 3.85. The van der Waals surface area contributed by atoms with E-state index >= 15 is 0 Å². The summed E-state index contributed by atoms with van der Waals surface area (Å²) in [6, 6.07) is 62.3. The van der Waals surface area contributed by atoms with Crippen LogP contribution in [-0.4, -0.2) is 0 Å². The first kappa shape index (κ1) is 24.8. The molecule has 0 atom stereocenters. The average molecular weight is 557 g/mol. The molecule has 0 spiro atoms. The zero-order chi connectivity index (χ0) is 29.0. The van der Waals surface area contributed by atoms with Gasteiger partial charge in [-0.1, -0.05) is 152 Å². The van der Waals surface area contributed by atoms with Crippen LogP contribution in [0.2, 0.25) is 0 Å². The molecule has 0 heteroatoms. The maximum atomic E-state index is 2.41. The summed E-state index contributed by atoms with van der Waals surface area (Å²) < 4.78 is 0. The van der Waals surface area contributed by atoms with Crippen LogP contribution >= 0.6 is 0 Å². The van der Waals surface area contributed by atoms with Crippen molar-refractivity contribution in [2.24, 2.45) is 0 Å². The summed E-state index contributed by atoms with van der Waals surface area (Å²) in [4.78, 5) is 0. The highest BCUT2D eigenvalue weighted by Crippen LogP contribution is 2.45. The van der Waals surface area contributed by atoms with E-state index in [-0.39, 0.29) is 0 Å². The predicted molar refractivity (Wildman–Crippen MR) is 190 cm³/mol. The van der Waals surface area contributed by atoms with Crippen molar-refractivity contribution in [3.63, 3.8) is 0 Å². The summed E-state index contributed by atoms with van der Waals surface area (Å²) in [5, 5.41) is 12.7. The van der Waals surface area contributed by atoms with Gasteiger partial charge < -0.3 is 0 Å². The van der Waals surface area contributed by atoms with Crippen molar-refractivity contribution in [2.75, 3.05) is 0 Å². The maximum Gasteiger partial charge on any atom is -0.00261 e. The van der Waals surface area contributed by atoms with Gasteiger partial charge in [-0.25, -0.2) is 0 Å². The Balaban J connectivity index is 1.34. The Bertz CT molecular complexity index is 2480. The van der Waals surface area contributed by atoms with E-state index in [1.165, 1.54) is 87.2 Å². The standard InChI is InChI=1S/C44H28/c1-2-13-30(14-3-1)41-27-32-23-25-34(28-42(32)36-17-7-6-16-35(36)41)44-39-20-10-8-18-37(39)43(38-19-9-11-21-40(38)44)33-24-22-29-12-4-5-15-31(29)26-33/h1-28H. The van der Waals surface area contributed by atoms with E-state index < -0.39 is 0 Å². The van der Waals surface area contributed by atoms with Crippen molar-refractivity contribution in [1.29, 1.82) is 0 Å². The summed E-state index contributed by atoms with van der Waals surface area (Å²) in [6.07, 6.45) is 0. The van der Waals surface area contributed by atoms with Gasteiger partial charge in [0.25, 0.3) is 0 Å². The fourth-order valence-corrected chi connectivity index (χ4v) is 7.21. The molecule has 0 N–H and O–H groups in total. The zero-order valence-electron chi connectivity index (χ0n) is 24.2. The molecule has 0 radical (unpaired) electrons. The van der Waals surface area contributed by atoms with E-state index in [1.807, 2.05) is 0 Å². The van der Waals surface area contributed by atoms with Crippen molar-refractivity contribution in [1.82, 2.24) is 0 Å². The molecule has 0 aliphatic heterocycles. The van der Waals surface area contributed by atoms with Crippen LogP contribution in [0.3, 0.4) is 0 Å². The second kappa shape index (κ2) is 9.93. The highest BCUT2D eigenvalue weighted by molar-refractivity contribution is 6.23. The molecule has 0 heterocycles. The Kier molecular flexibility index (Phi) is 5.61. The van der Waals surface area contributed by atoms with Crippen LogP contribution in [0.5, 0.6) is 0 Å². The molecule has 0 amide bonds. The van der Waals surface area contributed by atoms with Gasteiger partial charge in [0.05, 0.1) is 0 Å². The molecular formula is C44H28. The summed E-state index contributed by atoms with van der Waals surface area (Å²) >= 11 is 0. The van der Waals surface area contributed by atoms with Gasteiger partial charge in [0.1, 0.15) is 0 Å². The number of hydrogen-bond acceptors (Lipinski definition) is 0. The SMILES string of the molecule is c1ccc(-c2cc3ccc(-c4c5ccccc5c(-c5ccc6ccccc6c5)c5ccccc45)cc3c3ccccc23)cc1. The number of benzene rings is 9. The third-order valence-corrected chi connectivity index (χ3v) is 9.20. The third-order valence-electron chi connectivity index (χ3n) is 9.20. The van der Waals surface area contributed by atoms with E-state index in [4.69, 9.17) is 0 Å². The molecule has 0 aromatic heterocycles. The first-order valence-corrected chi connectivity index (χ1v) is 15.3. The normalized spacial score (nSPS) is 11.6. The van der Waals surface area contributed by atoms with Crippen molar-refractivity contribution in [2.45, 2.75) is 0 Å². The van der Waals surface area contributed by atoms with E-state index in [9.17, 15) is 0 Å². The summed E-state index contributed by atoms with van der Waals surface area (Å²) in [5.74, 6) is 0. The molecule has 9 aromatic carbocycles. The first-order valence-electron chi connectivity index (χ1n) is 15.3. The molecule has 204 valence electrons. The molecular weight excluding hydrogens is 528 g/mol. The summed E-state index contributed by atoms with van der Waals surface area (Å²) in [5.41, 5.74) is 7.60. The molecule has 9 aromatic rings. The smallest absolute Gasteiger partial charge is 0.00261 e. The highest BCUT2D eigenvalue weighted by Gasteiger charge is 2.18. The molecule has 0 fully saturated rings. The monoisotopic (exact) mass is 556 g/mol. The number of hydrogen-bond donors (Lipinski definition) is 0. The molecule has 0 bridgehead atoms. The Morgan fingerprint density at radius 2 is 0.705 bits per heavy atom. The lowest BCUT2D eigenvalue weighted by Crippen LogP contribution is -1.91. The predicted octanol–water partition coefficient (Wildman–Crippen LogP) is 12.5. The molecule has 9 rings (SSSR count). The van der Waals surface area contributed by atoms with E-state index in [2.05, 4.69) is 170 Å². The van der Waals surface area contributed by atoms with Gasteiger partial charge in [-0.3, -0.25) is 0 Å². The highest BCUT2D eigenvalue weighted by atomic mass is 14.2. The van der Waals surface area contributed by atoms with Crippen LogP contribution in [0.25, 0.3) is 87.2 Å². The lowest BCUT2D eigenvalue weighted by molar-refractivity contribution is 1.66. The Morgan fingerprint density at radius 3 is 1.34 bits per heavy atom. The van der Waals surface area contributed by atoms with Crippen LogP contribution in [-0.2, 0) is 0 Å². The Labute approximate surface area is 256 Å². The van der Waals surface area contributed by atoms with E-state index in [1.54, 1.807) is 0 Å². The van der Waals surface area contributed by atoms with Crippen LogP contribution in [0, 0.1) is 0 Å². The van der Waals surface area contributed by atoms with Gasteiger partial charge in [-0.2, -0.15) is 0 Å². The van der Waals surface area contributed by atoms with E-state index in [0.717, 1.165) is 0 Å². The second-order valence-electron chi connectivity index (χ2n) is 11.7. The van der Waals surface area contributed by atoms with Gasteiger partial charge in [0, 0.05) is 0 Å². The lowest BCUT2D eigenvalue weighted by Gasteiger charge is -2.19.